The molecule has 0 bridgehead atoms. The Balaban J connectivity index is 6.09. The summed E-state index contributed by atoms with van der Waals surface area (Å²) in [6, 6.07) is 0. The Kier molecular flexibility index (Phi) is 9.25. The zero-order valence-electron chi connectivity index (χ0n) is 14.8. The Bertz CT molecular complexity index is 680. The van der Waals surface area contributed by atoms with Gasteiger partial charge in [0.15, 0.2) is 0 Å². The molecule has 3 nitrogen and oxygen atoms in total. The summed E-state index contributed by atoms with van der Waals surface area (Å²) in [5.74, 6) is -2.30. The Morgan fingerprint density at radius 3 is 2.19 bits per heavy atom. The number of aliphatic hydroxyl groups excluding tert-OH is 1. The highest BCUT2D eigenvalue weighted by molar-refractivity contribution is 5.50. The van der Waals surface area contributed by atoms with E-state index in [1.54, 1.807) is 0 Å². The van der Waals surface area contributed by atoms with Crippen molar-refractivity contribution in [3.8, 4) is 0 Å². The first kappa shape index (κ1) is 23.3. The van der Waals surface area contributed by atoms with Crippen LogP contribution in [0.5, 0.6) is 0 Å². The van der Waals surface area contributed by atoms with Gasteiger partial charge in [-0.15, -0.1) is 6.58 Å². The van der Waals surface area contributed by atoms with Gasteiger partial charge in [0.05, 0.1) is 7.11 Å². The van der Waals surface area contributed by atoms with Crippen LogP contribution in [0.15, 0.2) is 83.8 Å². The summed E-state index contributed by atoms with van der Waals surface area (Å²) < 4.78 is 59.5. The van der Waals surface area contributed by atoms with Gasteiger partial charge < -0.3 is 15.6 Å². The van der Waals surface area contributed by atoms with Crippen molar-refractivity contribution in [2.24, 2.45) is 5.73 Å². The largest absolute Gasteiger partial charge is 0.509 e. The lowest BCUT2D eigenvalue weighted by molar-refractivity contribution is -0.0945. The number of methoxy groups -OCH3 is 1. The molecule has 0 aromatic rings. The number of hydrogen-bond acceptors (Lipinski definition) is 3. The number of alkyl halides is 3. The third-order valence-electron chi connectivity index (χ3n) is 3.38. The van der Waals surface area contributed by atoms with E-state index in [0.717, 1.165) is 13.3 Å². The van der Waals surface area contributed by atoms with E-state index in [1.807, 2.05) is 0 Å². The first-order chi connectivity index (χ1) is 12.0. The number of rotatable bonds is 9. The van der Waals surface area contributed by atoms with E-state index in [9.17, 15) is 17.6 Å². The first-order valence-electron chi connectivity index (χ1n) is 7.47. The number of aliphatic hydroxyl groups is 1. The van der Waals surface area contributed by atoms with Crippen LogP contribution in [0.25, 0.3) is 0 Å². The zero-order chi connectivity index (χ0) is 20.5. The van der Waals surface area contributed by atoms with Crippen LogP contribution in [0, 0.1) is 0 Å². The number of nitrogens with two attached hydrogens (primary N) is 1. The SMILES string of the molecule is C=CC/C(OC)=C(\C(F)=C(\C)C(=C)/C(=C\N)C/C=C\C(=C)O)C(F)(F)F. The predicted octanol–water partition coefficient (Wildman–Crippen LogP) is 5.69. The van der Waals surface area contributed by atoms with Gasteiger partial charge in [0, 0.05) is 6.42 Å². The molecular weight excluding hydrogens is 350 g/mol. The minimum atomic E-state index is -4.97. The fourth-order valence-electron chi connectivity index (χ4n) is 2.00. The molecule has 7 heteroatoms. The Labute approximate surface area is 150 Å². The highest BCUT2D eigenvalue weighted by Crippen LogP contribution is 2.39. The van der Waals surface area contributed by atoms with E-state index in [-0.39, 0.29) is 29.7 Å². The predicted molar refractivity (Wildman–Crippen MR) is 95.6 cm³/mol. The molecule has 0 aromatic carbocycles. The second-order valence-corrected chi connectivity index (χ2v) is 5.20. The van der Waals surface area contributed by atoms with Gasteiger partial charge in [-0.2, -0.15) is 13.2 Å². The molecule has 0 rings (SSSR count). The number of allylic oxidation sites excluding steroid dienone is 8. The van der Waals surface area contributed by atoms with Crippen molar-refractivity contribution in [3.63, 3.8) is 0 Å². The normalized spacial score (nSPS) is 14.6. The van der Waals surface area contributed by atoms with Crippen molar-refractivity contribution in [1.82, 2.24) is 0 Å². The Morgan fingerprint density at radius 1 is 1.23 bits per heavy atom. The van der Waals surface area contributed by atoms with Crippen molar-refractivity contribution in [3.05, 3.63) is 83.8 Å². The number of halogens is 4. The maximum absolute atomic E-state index is 14.7. The maximum atomic E-state index is 14.7. The van der Waals surface area contributed by atoms with Crippen LogP contribution < -0.4 is 5.73 Å². The molecule has 0 spiro atoms. The standard InChI is InChI=1S/C19H23F4NO2/c1-6-8-16(26-5)17(19(21,22)23)18(20)14(4)13(3)15(11-24)10-7-9-12(2)25/h6-7,9,11,25H,1-3,8,10,24H2,4-5H3/b9-7-,15-11-,17-16-,18-14+. The monoisotopic (exact) mass is 373 g/mol. The topological polar surface area (TPSA) is 55.5 Å². The molecule has 0 saturated carbocycles. The molecule has 0 atom stereocenters. The van der Waals surface area contributed by atoms with Gasteiger partial charge in [0.1, 0.15) is 22.9 Å². The van der Waals surface area contributed by atoms with E-state index < -0.39 is 23.3 Å². The average molecular weight is 373 g/mol. The van der Waals surface area contributed by atoms with E-state index in [0.29, 0.717) is 5.57 Å². The van der Waals surface area contributed by atoms with Gasteiger partial charge in [0.2, 0.25) is 0 Å². The number of ether oxygens (including phenoxy) is 1. The summed E-state index contributed by atoms with van der Waals surface area (Å²) in [6.45, 7) is 11.4. The summed E-state index contributed by atoms with van der Waals surface area (Å²) in [4.78, 5) is 0. The first-order valence-corrected chi connectivity index (χ1v) is 7.47. The molecule has 3 N–H and O–H groups in total. The maximum Gasteiger partial charge on any atom is 0.422 e. The molecule has 144 valence electrons. The summed E-state index contributed by atoms with van der Waals surface area (Å²) in [6.07, 6.45) is -0.104. The minimum Gasteiger partial charge on any atom is -0.509 e. The Morgan fingerprint density at radius 2 is 1.81 bits per heavy atom. The van der Waals surface area contributed by atoms with Crippen LogP contribution in [0.1, 0.15) is 19.8 Å². The molecule has 0 aliphatic carbocycles. The molecule has 0 unspecified atom stereocenters. The minimum absolute atomic E-state index is 0.00555. The van der Waals surface area contributed by atoms with Gasteiger partial charge in [-0.25, -0.2) is 4.39 Å². The molecular formula is C19H23F4NO2. The summed E-state index contributed by atoms with van der Waals surface area (Å²) in [5.41, 5.74) is 3.90. The van der Waals surface area contributed by atoms with Gasteiger partial charge in [-0.3, -0.25) is 0 Å². The highest BCUT2D eigenvalue weighted by Gasteiger charge is 2.41. The lowest BCUT2D eigenvalue weighted by Gasteiger charge is -2.18. The molecule has 0 saturated heterocycles. The van der Waals surface area contributed by atoms with Gasteiger partial charge in [-0.1, -0.05) is 25.3 Å². The van der Waals surface area contributed by atoms with Crippen LogP contribution >= 0.6 is 0 Å². The van der Waals surface area contributed by atoms with Crippen molar-refractivity contribution in [1.29, 1.82) is 0 Å². The van der Waals surface area contributed by atoms with Gasteiger partial charge >= 0.3 is 6.18 Å². The van der Waals surface area contributed by atoms with Crippen LogP contribution in [0.2, 0.25) is 0 Å². The molecule has 0 aliphatic heterocycles. The zero-order valence-corrected chi connectivity index (χ0v) is 14.8. The number of hydrogen-bond donors (Lipinski definition) is 2. The second kappa shape index (κ2) is 10.3. The van der Waals surface area contributed by atoms with Crippen LogP contribution in [0.4, 0.5) is 17.6 Å². The Hall–Kier alpha value is -2.70. The highest BCUT2D eigenvalue weighted by atomic mass is 19.4. The molecule has 0 amide bonds. The molecule has 0 fully saturated rings. The summed E-state index contributed by atoms with van der Waals surface area (Å²) in [7, 11) is 1.03. The fraction of sp³-hybridized carbons (Fsp3) is 0.263. The van der Waals surface area contributed by atoms with Crippen molar-refractivity contribution in [2.75, 3.05) is 7.11 Å². The van der Waals surface area contributed by atoms with Crippen LogP contribution in [-0.4, -0.2) is 18.4 Å². The smallest absolute Gasteiger partial charge is 0.422 e. The molecule has 26 heavy (non-hydrogen) atoms. The van der Waals surface area contributed by atoms with E-state index in [1.165, 1.54) is 25.2 Å². The summed E-state index contributed by atoms with van der Waals surface area (Å²) in [5, 5.41) is 9.00. The quantitative estimate of drug-likeness (QED) is 0.236. The molecule has 0 radical (unpaired) electrons. The van der Waals surface area contributed by atoms with Gasteiger partial charge in [-0.05, 0) is 42.3 Å². The lowest BCUT2D eigenvalue weighted by atomic mass is 9.95. The van der Waals surface area contributed by atoms with E-state index in [4.69, 9.17) is 15.6 Å². The summed E-state index contributed by atoms with van der Waals surface area (Å²) >= 11 is 0. The van der Waals surface area contributed by atoms with Crippen molar-refractivity contribution in [2.45, 2.75) is 25.9 Å². The average Bonchev–Trinajstić information content (AvgIpc) is 2.55. The third-order valence-corrected chi connectivity index (χ3v) is 3.38. The molecule has 0 aromatic heterocycles. The molecule has 0 heterocycles. The van der Waals surface area contributed by atoms with E-state index >= 15 is 0 Å². The molecule has 0 aliphatic rings. The second-order valence-electron chi connectivity index (χ2n) is 5.20. The lowest BCUT2D eigenvalue weighted by Crippen LogP contribution is -2.17. The third kappa shape index (κ3) is 6.66. The van der Waals surface area contributed by atoms with Crippen LogP contribution in [-0.2, 0) is 4.74 Å². The van der Waals surface area contributed by atoms with E-state index in [2.05, 4.69) is 19.7 Å². The van der Waals surface area contributed by atoms with Crippen LogP contribution in [0.3, 0.4) is 0 Å². The van der Waals surface area contributed by atoms with Crippen molar-refractivity contribution >= 4 is 0 Å². The fourth-order valence-corrected chi connectivity index (χ4v) is 2.00. The van der Waals surface area contributed by atoms with Crippen molar-refractivity contribution < 1.29 is 27.4 Å². The van der Waals surface area contributed by atoms with Gasteiger partial charge in [0.25, 0.3) is 0 Å².